The minimum Gasteiger partial charge on any atom is -0.475 e. The van der Waals surface area contributed by atoms with Gasteiger partial charge in [-0.15, -0.1) is 0 Å². The van der Waals surface area contributed by atoms with E-state index < -0.39 is 27.6 Å². The van der Waals surface area contributed by atoms with Gasteiger partial charge in [0.25, 0.3) is 15.9 Å². The van der Waals surface area contributed by atoms with E-state index in [1.807, 2.05) is 11.0 Å². The first-order chi connectivity index (χ1) is 16.5. The average Bonchev–Trinajstić information content (AvgIpc) is 3.43. The van der Waals surface area contributed by atoms with E-state index in [2.05, 4.69) is 28.5 Å². The number of amides is 1. The van der Waals surface area contributed by atoms with Gasteiger partial charge in [-0.2, -0.15) is 8.42 Å². The van der Waals surface area contributed by atoms with Gasteiger partial charge in [-0.3, -0.25) is 4.79 Å². The molecule has 1 aromatic heterocycles. The number of halogens is 1. The molecule has 2 N–H and O–H groups in total. The van der Waals surface area contributed by atoms with Crippen LogP contribution in [-0.2, 0) is 14.8 Å². The van der Waals surface area contributed by atoms with Crippen molar-refractivity contribution in [3.8, 4) is 5.75 Å². The van der Waals surface area contributed by atoms with Crippen LogP contribution in [0.5, 0.6) is 5.75 Å². The number of aliphatic hydroxyl groups excluding tert-OH is 1. The Morgan fingerprint density at radius 2 is 1.94 bits per heavy atom. The Bertz CT molecular complexity index is 1260. The number of nitrogens with one attached hydrogen (secondary N) is 1. The molecular formula is C24H29ClN4O5S. The average molecular weight is 521 g/mol. The number of carbonyl (C=O) groups is 1. The summed E-state index contributed by atoms with van der Waals surface area (Å²) < 4.78 is 34.3. The number of β-amino-alcohol motifs (C(OH)–C–C–N with tert-alkyl or cyclic N) is 1. The van der Waals surface area contributed by atoms with Crippen LogP contribution in [0.1, 0.15) is 33.1 Å². The van der Waals surface area contributed by atoms with Crippen molar-refractivity contribution in [3.63, 3.8) is 0 Å². The van der Waals surface area contributed by atoms with E-state index in [0.29, 0.717) is 48.9 Å². The van der Waals surface area contributed by atoms with Crippen LogP contribution in [0.25, 0.3) is 0 Å². The zero-order valence-corrected chi connectivity index (χ0v) is 21.3. The number of anilines is 2. The first-order valence-corrected chi connectivity index (χ1v) is 13.5. The monoisotopic (exact) mass is 520 g/mol. The third-order valence-corrected chi connectivity index (χ3v) is 8.09. The second kappa shape index (κ2) is 8.53. The molecule has 1 aliphatic carbocycles. The fraction of sp³-hybridized carbons (Fsp3) is 0.500. The lowest BCUT2D eigenvalue weighted by Crippen LogP contribution is -2.53. The third-order valence-electron chi connectivity index (χ3n) is 6.62. The summed E-state index contributed by atoms with van der Waals surface area (Å²) in [4.78, 5) is 21.3. The van der Waals surface area contributed by atoms with Crippen LogP contribution in [0.4, 0.5) is 11.5 Å². The molecule has 188 valence electrons. The highest BCUT2D eigenvalue weighted by Gasteiger charge is 2.55. The Morgan fingerprint density at radius 1 is 1.20 bits per heavy atom. The van der Waals surface area contributed by atoms with Gasteiger partial charge in [-0.1, -0.05) is 31.5 Å². The SMILES string of the molecule is CC1(C)CN(c2ccc(Cl)cc2OC2(C(=O)NS(=O)(=O)c3cccc(N4CC[C@H](O)C4)n3)CC2)C1. The molecule has 3 aliphatic rings. The lowest BCUT2D eigenvalue weighted by atomic mass is 9.84. The Kier molecular flexibility index (Phi) is 5.89. The topological polar surface area (TPSA) is 112 Å². The van der Waals surface area contributed by atoms with Crippen molar-refractivity contribution >= 4 is 39.0 Å². The van der Waals surface area contributed by atoms with Crippen molar-refractivity contribution in [3.05, 3.63) is 41.4 Å². The molecule has 3 fully saturated rings. The Hall–Kier alpha value is -2.56. The van der Waals surface area contributed by atoms with Gasteiger partial charge in [0.15, 0.2) is 10.6 Å². The van der Waals surface area contributed by atoms with Crippen LogP contribution in [0.15, 0.2) is 41.4 Å². The fourth-order valence-corrected chi connectivity index (χ4v) is 5.80. The molecule has 9 nitrogen and oxygen atoms in total. The molecule has 2 saturated heterocycles. The molecule has 2 aliphatic heterocycles. The van der Waals surface area contributed by atoms with Gasteiger partial charge >= 0.3 is 0 Å². The van der Waals surface area contributed by atoms with Crippen LogP contribution < -0.4 is 19.3 Å². The molecule has 0 radical (unpaired) electrons. The molecule has 0 unspecified atom stereocenters. The molecule has 1 amide bonds. The second-order valence-electron chi connectivity index (χ2n) is 10.4. The van der Waals surface area contributed by atoms with E-state index in [9.17, 15) is 18.3 Å². The van der Waals surface area contributed by atoms with Crippen LogP contribution in [-0.4, -0.2) is 62.3 Å². The number of sulfonamides is 1. The third kappa shape index (κ3) is 4.92. The molecule has 2 aromatic rings. The number of aromatic nitrogens is 1. The highest BCUT2D eigenvalue weighted by atomic mass is 35.5. The molecule has 1 atom stereocenters. The number of nitrogens with zero attached hydrogens (tertiary/aromatic N) is 3. The Balaban J connectivity index is 1.32. The molecule has 1 saturated carbocycles. The first-order valence-electron chi connectivity index (χ1n) is 11.7. The second-order valence-corrected chi connectivity index (χ2v) is 12.5. The van der Waals surface area contributed by atoms with Gasteiger partial charge in [0.1, 0.15) is 11.6 Å². The lowest BCUT2D eigenvalue weighted by Gasteiger charge is -2.47. The largest absolute Gasteiger partial charge is 0.475 e. The van der Waals surface area contributed by atoms with Gasteiger partial charge in [0.05, 0.1) is 11.8 Å². The zero-order valence-electron chi connectivity index (χ0n) is 19.7. The predicted molar refractivity (Wildman–Crippen MR) is 132 cm³/mol. The molecule has 35 heavy (non-hydrogen) atoms. The van der Waals surface area contributed by atoms with Crippen molar-refractivity contribution in [2.24, 2.45) is 5.41 Å². The highest BCUT2D eigenvalue weighted by molar-refractivity contribution is 7.90. The summed E-state index contributed by atoms with van der Waals surface area (Å²) in [5, 5.41) is 9.99. The van der Waals surface area contributed by atoms with Crippen LogP contribution in [0, 0.1) is 5.41 Å². The van der Waals surface area contributed by atoms with Gasteiger partial charge in [-0.05, 0) is 36.1 Å². The predicted octanol–water partition coefficient (Wildman–Crippen LogP) is 2.57. The number of hydrogen-bond acceptors (Lipinski definition) is 8. The maximum absolute atomic E-state index is 13.1. The number of ether oxygens (including phenoxy) is 1. The minimum absolute atomic E-state index is 0.189. The van der Waals surface area contributed by atoms with Crippen molar-refractivity contribution < 1.29 is 23.1 Å². The van der Waals surface area contributed by atoms with Gasteiger partial charge in [0.2, 0.25) is 0 Å². The smallest absolute Gasteiger partial charge is 0.281 e. The fourth-order valence-electron chi connectivity index (χ4n) is 4.63. The van der Waals surface area contributed by atoms with Crippen molar-refractivity contribution in [1.82, 2.24) is 9.71 Å². The van der Waals surface area contributed by atoms with Gasteiger partial charge < -0.3 is 19.6 Å². The van der Waals surface area contributed by atoms with Gasteiger partial charge in [-0.25, -0.2) is 9.71 Å². The van der Waals surface area contributed by atoms with E-state index in [0.717, 1.165) is 18.8 Å². The number of carbonyl (C=O) groups excluding carboxylic acids is 1. The number of hydrogen-bond donors (Lipinski definition) is 2. The summed E-state index contributed by atoms with van der Waals surface area (Å²) >= 11 is 6.21. The Labute approximate surface area is 210 Å². The minimum atomic E-state index is -4.22. The molecule has 0 bridgehead atoms. The van der Waals surface area contributed by atoms with E-state index in [-0.39, 0.29) is 10.4 Å². The number of benzene rings is 1. The standard InChI is InChI=1S/C24H29ClN4O5S/c1-23(2)14-29(15-23)18-7-6-16(25)12-19(18)34-24(9-10-24)22(31)27-35(32,33)21-5-3-4-20(26-21)28-11-8-17(30)13-28/h3-7,12,17,30H,8-11,13-15H2,1-2H3,(H,27,31)/t17-/m0/s1. The summed E-state index contributed by atoms with van der Waals surface area (Å²) in [6.07, 6.45) is 0.910. The summed E-state index contributed by atoms with van der Waals surface area (Å²) in [5.41, 5.74) is -0.254. The Morgan fingerprint density at radius 3 is 2.57 bits per heavy atom. The van der Waals surface area contributed by atoms with Crippen molar-refractivity contribution in [2.75, 3.05) is 36.0 Å². The first kappa shape index (κ1) is 24.1. The molecular weight excluding hydrogens is 492 g/mol. The molecule has 3 heterocycles. The van der Waals surface area contributed by atoms with Crippen LogP contribution >= 0.6 is 11.6 Å². The maximum atomic E-state index is 13.1. The maximum Gasteiger partial charge on any atom is 0.281 e. The number of rotatable bonds is 7. The van der Waals surface area contributed by atoms with Crippen molar-refractivity contribution in [2.45, 2.75) is 49.8 Å². The summed E-state index contributed by atoms with van der Waals surface area (Å²) in [6, 6.07) is 9.90. The van der Waals surface area contributed by atoms with E-state index in [4.69, 9.17) is 16.3 Å². The van der Waals surface area contributed by atoms with E-state index in [1.54, 1.807) is 24.3 Å². The van der Waals surface area contributed by atoms with E-state index in [1.165, 1.54) is 6.07 Å². The summed E-state index contributed by atoms with van der Waals surface area (Å²) in [7, 11) is -4.22. The highest BCUT2D eigenvalue weighted by Crippen LogP contribution is 2.46. The lowest BCUT2D eigenvalue weighted by molar-refractivity contribution is -0.127. The number of aliphatic hydroxyl groups is 1. The number of pyridine rings is 1. The van der Waals surface area contributed by atoms with E-state index >= 15 is 0 Å². The van der Waals surface area contributed by atoms with Gasteiger partial charge in [0, 0.05) is 50.1 Å². The summed E-state index contributed by atoms with van der Waals surface area (Å²) in [5.74, 6) is 0.178. The molecule has 1 aromatic carbocycles. The zero-order chi connectivity index (χ0) is 25.0. The quantitative estimate of drug-likeness (QED) is 0.573. The van der Waals surface area contributed by atoms with Crippen LogP contribution in [0.2, 0.25) is 5.02 Å². The normalized spacial score (nSPS) is 22.5. The van der Waals surface area contributed by atoms with Crippen LogP contribution in [0.3, 0.4) is 0 Å². The molecule has 11 heteroatoms. The molecule has 0 spiro atoms. The van der Waals surface area contributed by atoms with Crippen molar-refractivity contribution in [1.29, 1.82) is 0 Å². The molecule has 5 rings (SSSR count). The summed E-state index contributed by atoms with van der Waals surface area (Å²) in [6.45, 7) is 7.00.